The second kappa shape index (κ2) is 10.3. The number of carbonyl (C=O) groups is 2. The molecule has 26 heavy (non-hydrogen) atoms. The van der Waals surface area contributed by atoms with Crippen molar-refractivity contribution in [1.29, 1.82) is 0 Å². The van der Waals surface area contributed by atoms with Crippen LogP contribution in [0, 0.1) is 5.82 Å². The summed E-state index contributed by atoms with van der Waals surface area (Å²) in [5.41, 5.74) is 0.188. The average Bonchev–Trinajstić information content (AvgIpc) is 2.61. The molecule has 0 aliphatic carbocycles. The number of hydrogen-bond donors (Lipinski definition) is 2. The Morgan fingerprint density at radius 3 is 2.62 bits per heavy atom. The highest BCUT2D eigenvalue weighted by molar-refractivity contribution is 9.10. The first kappa shape index (κ1) is 20.4. The summed E-state index contributed by atoms with van der Waals surface area (Å²) in [4.78, 5) is 23.7. The molecule has 0 atom stereocenters. The Bertz CT molecular complexity index is 787. The summed E-state index contributed by atoms with van der Waals surface area (Å²) in [5, 5.41) is 5.29. The summed E-state index contributed by atoms with van der Waals surface area (Å²) in [5.74, 6) is -0.438. The summed E-state index contributed by atoms with van der Waals surface area (Å²) in [7, 11) is 0. The number of nitrogens with one attached hydrogen (secondary N) is 2. The van der Waals surface area contributed by atoms with E-state index in [9.17, 15) is 14.0 Å². The normalized spacial score (nSPS) is 10.3. The van der Waals surface area contributed by atoms with Gasteiger partial charge in [-0.05, 0) is 52.3 Å². The zero-order chi connectivity index (χ0) is 18.9. The number of amides is 2. The van der Waals surface area contributed by atoms with Crippen LogP contribution in [0.3, 0.4) is 0 Å². The van der Waals surface area contributed by atoms with Gasteiger partial charge in [-0.2, -0.15) is 0 Å². The van der Waals surface area contributed by atoms with Gasteiger partial charge in [-0.3, -0.25) is 9.59 Å². The highest BCUT2D eigenvalue weighted by Crippen LogP contribution is 2.18. The maximum Gasteiger partial charge on any atom is 0.252 e. The van der Waals surface area contributed by atoms with Gasteiger partial charge < -0.3 is 15.4 Å². The predicted molar refractivity (Wildman–Crippen MR) is 104 cm³/mol. The molecule has 0 bridgehead atoms. The van der Waals surface area contributed by atoms with Crippen molar-refractivity contribution >= 4 is 43.7 Å². The Morgan fingerprint density at radius 2 is 1.85 bits per heavy atom. The predicted octanol–water partition coefficient (Wildman–Crippen LogP) is 3.67. The molecule has 2 rings (SSSR count). The standard InChI is InChI=1S/C18H17Br2FN2O3/c19-12-2-1-3-14(10-12)26-9-8-22-17(24)6-7-23-18(25)15-11-13(21)4-5-16(15)20/h1-5,10-11H,6-9H2,(H,22,24)(H,23,25). The fourth-order valence-electron chi connectivity index (χ4n) is 2.06. The summed E-state index contributed by atoms with van der Waals surface area (Å²) in [6.45, 7) is 0.847. The molecule has 0 fully saturated rings. The molecule has 0 spiro atoms. The number of benzene rings is 2. The van der Waals surface area contributed by atoms with Crippen LogP contribution in [-0.2, 0) is 4.79 Å². The van der Waals surface area contributed by atoms with E-state index in [-0.39, 0.29) is 24.4 Å². The van der Waals surface area contributed by atoms with E-state index in [2.05, 4.69) is 42.5 Å². The monoisotopic (exact) mass is 486 g/mol. The summed E-state index contributed by atoms with van der Waals surface area (Å²) >= 11 is 6.55. The van der Waals surface area contributed by atoms with E-state index < -0.39 is 11.7 Å². The lowest BCUT2D eigenvalue weighted by Gasteiger charge is -2.09. The van der Waals surface area contributed by atoms with Gasteiger partial charge in [0.1, 0.15) is 18.2 Å². The van der Waals surface area contributed by atoms with Gasteiger partial charge >= 0.3 is 0 Å². The van der Waals surface area contributed by atoms with Crippen LogP contribution >= 0.6 is 31.9 Å². The topological polar surface area (TPSA) is 67.4 Å². The van der Waals surface area contributed by atoms with Crippen molar-refractivity contribution in [2.45, 2.75) is 6.42 Å². The number of rotatable bonds is 8. The Kier molecular flexibility index (Phi) is 8.06. The van der Waals surface area contributed by atoms with Gasteiger partial charge in [0.25, 0.3) is 5.91 Å². The van der Waals surface area contributed by atoms with Crippen LogP contribution in [0.1, 0.15) is 16.8 Å². The molecule has 0 radical (unpaired) electrons. The largest absolute Gasteiger partial charge is 0.492 e. The van der Waals surface area contributed by atoms with Crippen LogP contribution in [0.4, 0.5) is 4.39 Å². The molecule has 138 valence electrons. The van der Waals surface area contributed by atoms with Gasteiger partial charge in [-0.25, -0.2) is 4.39 Å². The molecule has 0 aromatic heterocycles. The third-order valence-corrected chi connectivity index (χ3v) is 4.48. The summed E-state index contributed by atoms with van der Waals surface area (Å²) < 4.78 is 20.1. The molecule has 2 amide bonds. The maximum atomic E-state index is 13.2. The smallest absolute Gasteiger partial charge is 0.252 e. The van der Waals surface area contributed by atoms with Crippen LogP contribution in [0.2, 0.25) is 0 Å². The molecule has 2 N–H and O–H groups in total. The minimum absolute atomic E-state index is 0.121. The molecule has 0 saturated carbocycles. The van der Waals surface area contributed by atoms with E-state index in [4.69, 9.17) is 4.74 Å². The first-order valence-electron chi connectivity index (χ1n) is 7.84. The fraction of sp³-hybridized carbons (Fsp3) is 0.222. The maximum absolute atomic E-state index is 13.2. The van der Waals surface area contributed by atoms with Crippen molar-refractivity contribution in [3.8, 4) is 5.75 Å². The lowest BCUT2D eigenvalue weighted by molar-refractivity contribution is -0.121. The quantitative estimate of drug-likeness (QED) is 0.558. The second-order valence-corrected chi connectivity index (χ2v) is 7.06. The summed E-state index contributed by atoms with van der Waals surface area (Å²) in [6, 6.07) is 11.3. The van der Waals surface area contributed by atoms with Crippen LogP contribution in [0.5, 0.6) is 5.75 Å². The van der Waals surface area contributed by atoms with Gasteiger partial charge in [0.15, 0.2) is 0 Å². The molecule has 8 heteroatoms. The molecule has 2 aromatic carbocycles. The number of ether oxygens (including phenoxy) is 1. The van der Waals surface area contributed by atoms with Crippen molar-refractivity contribution in [2.75, 3.05) is 19.7 Å². The summed E-state index contributed by atoms with van der Waals surface area (Å²) in [6.07, 6.45) is 0.121. The first-order valence-corrected chi connectivity index (χ1v) is 9.42. The highest BCUT2D eigenvalue weighted by atomic mass is 79.9. The number of carbonyl (C=O) groups excluding carboxylic acids is 2. The highest BCUT2D eigenvalue weighted by Gasteiger charge is 2.11. The lowest BCUT2D eigenvalue weighted by atomic mass is 10.2. The van der Waals surface area contributed by atoms with E-state index in [1.54, 1.807) is 0 Å². The Labute approximate surface area is 167 Å². The van der Waals surface area contributed by atoms with Gasteiger partial charge in [-0.15, -0.1) is 0 Å². The van der Waals surface area contributed by atoms with Crippen molar-refractivity contribution in [1.82, 2.24) is 10.6 Å². The zero-order valence-corrected chi connectivity index (χ0v) is 16.9. The minimum atomic E-state index is -0.499. The average molecular weight is 488 g/mol. The third-order valence-electron chi connectivity index (χ3n) is 3.30. The molecule has 0 aliphatic rings. The zero-order valence-electron chi connectivity index (χ0n) is 13.7. The van der Waals surface area contributed by atoms with Crippen molar-refractivity contribution in [2.24, 2.45) is 0 Å². The van der Waals surface area contributed by atoms with E-state index in [1.165, 1.54) is 12.1 Å². The van der Waals surface area contributed by atoms with E-state index >= 15 is 0 Å². The fourth-order valence-corrected chi connectivity index (χ4v) is 2.87. The molecular weight excluding hydrogens is 471 g/mol. The van der Waals surface area contributed by atoms with Gasteiger partial charge in [-0.1, -0.05) is 22.0 Å². The lowest BCUT2D eigenvalue weighted by Crippen LogP contribution is -2.32. The van der Waals surface area contributed by atoms with Crippen LogP contribution in [0.25, 0.3) is 0 Å². The molecule has 0 saturated heterocycles. The Morgan fingerprint density at radius 1 is 1.04 bits per heavy atom. The van der Waals surface area contributed by atoms with Crippen LogP contribution < -0.4 is 15.4 Å². The van der Waals surface area contributed by atoms with Gasteiger partial charge in [0, 0.05) is 21.9 Å². The second-order valence-electron chi connectivity index (χ2n) is 5.29. The first-order chi connectivity index (χ1) is 12.5. The van der Waals surface area contributed by atoms with Crippen molar-refractivity contribution in [3.63, 3.8) is 0 Å². The van der Waals surface area contributed by atoms with Gasteiger partial charge in [0.05, 0.1) is 12.1 Å². The molecular formula is C18H17Br2FN2O3. The van der Waals surface area contributed by atoms with Crippen molar-refractivity contribution < 1.29 is 18.7 Å². The van der Waals surface area contributed by atoms with E-state index in [0.717, 1.165) is 10.5 Å². The molecule has 5 nitrogen and oxygen atoms in total. The van der Waals surface area contributed by atoms with Crippen LogP contribution in [0.15, 0.2) is 51.4 Å². The number of halogens is 3. The molecule has 2 aromatic rings. The molecule has 0 aliphatic heterocycles. The number of hydrogen-bond acceptors (Lipinski definition) is 3. The minimum Gasteiger partial charge on any atom is -0.492 e. The molecule has 0 heterocycles. The van der Waals surface area contributed by atoms with E-state index in [0.29, 0.717) is 23.4 Å². The van der Waals surface area contributed by atoms with E-state index in [1.807, 2.05) is 24.3 Å². The molecule has 0 unspecified atom stereocenters. The van der Waals surface area contributed by atoms with Crippen LogP contribution in [-0.4, -0.2) is 31.5 Å². The Balaban J connectivity index is 1.64. The Hall–Kier alpha value is -1.93. The van der Waals surface area contributed by atoms with Crippen molar-refractivity contribution in [3.05, 3.63) is 62.8 Å². The SMILES string of the molecule is O=C(CCNC(=O)c1cc(F)ccc1Br)NCCOc1cccc(Br)c1. The third kappa shape index (κ3) is 6.76. The van der Waals surface area contributed by atoms with Gasteiger partial charge in [0.2, 0.25) is 5.91 Å².